The minimum absolute atomic E-state index is 0.0380. The summed E-state index contributed by atoms with van der Waals surface area (Å²) in [6.07, 6.45) is 0.659. The molecule has 3 rings (SSSR count). The van der Waals surface area contributed by atoms with E-state index in [1.54, 1.807) is 12.1 Å². The lowest BCUT2D eigenvalue weighted by atomic mass is 10.0. The van der Waals surface area contributed by atoms with Gasteiger partial charge in [0, 0.05) is 12.3 Å². The smallest absolute Gasteiger partial charge is 0.224 e. The molecular formula is C20H22FNO2. The lowest BCUT2D eigenvalue weighted by Crippen LogP contribution is -2.42. The standard InChI is InChI=1S/C20H22FNO2/c1-13(19(23)11-14-5-3-2-4-6-14)22-20(24)18-12-17(18)15-7-9-16(21)10-8-15/h2-10,13,17-19,23H,11-12H2,1H3,(H,22,24)/t13-,17+,18+,19+/m0/s1. The van der Waals surface area contributed by atoms with Crippen molar-refractivity contribution in [2.45, 2.75) is 37.8 Å². The third kappa shape index (κ3) is 4.01. The third-order valence-corrected chi connectivity index (χ3v) is 4.66. The molecule has 0 spiro atoms. The van der Waals surface area contributed by atoms with Crippen molar-refractivity contribution in [3.8, 4) is 0 Å². The number of rotatable bonds is 6. The maximum atomic E-state index is 13.0. The minimum Gasteiger partial charge on any atom is -0.391 e. The quantitative estimate of drug-likeness (QED) is 0.857. The molecule has 0 aliphatic heterocycles. The van der Waals surface area contributed by atoms with E-state index >= 15 is 0 Å². The van der Waals surface area contributed by atoms with Crippen LogP contribution in [0.25, 0.3) is 0 Å². The zero-order valence-corrected chi connectivity index (χ0v) is 13.7. The molecule has 1 aliphatic rings. The number of aliphatic hydroxyl groups excluding tert-OH is 1. The summed E-state index contributed by atoms with van der Waals surface area (Å²) in [4.78, 5) is 12.3. The molecular weight excluding hydrogens is 305 g/mol. The third-order valence-electron chi connectivity index (χ3n) is 4.66. The molecule has 1 saturated carbocycles. The van der Waals surface area contributed by atoms with Crippen molar-refractivity contribution in [3.05, 3.63) is 71.5 Å². The number of amides is 1. The van der Waals surface area contributed by atoms with Gasteiger partial charge in [0.2, 0.25) is 5.91 Å². The van der Waals surface area contributed by atoms with Gasteiger partial charge in [-0.15, -0.1) is 0 Å². The molecule has 24 heavy (non-hydrogen) atoms. The van der Waals surface area contributed by atoms with Gasteiger partial charge >= 0.3 is 0 Å². The van der Waals surface area contributed by atoms with Crippen LogP contribution in [-0.2, 0) is 11.2 Å². The zero-order valence-electron chi connectivity index (χ0n) is 13.7. The van der Waals surface area contributed by atoms with E-state index in [9.17, 15) is 14.3 Å². The average Bonchev–Trinajstić information content (AvgIpc) is 3.37. The summed E-state index contributed by atoms with van der Waals surface area (Å²) in [6.45, 7) is 1.82. The van der Waals surface area contributed by atoms with Crippen LogP contribution in [0, 0.1) is 11.7 Å². The van der Waals surface area contributed by atoms with Crippen LogP contribution >= 0.6 is 0 Å². The maximum Gasteiger partial charge on any atom is 0.224 e. The first-order chi connectivity index (χ1) is 11.5. The molecule has 2 N–H and O–H groups in total. The largest absolute Gasteiger partial charge is 0.391 e. The van der Waals surface area contributed by atoms with Crippen LogP contribution in [-0.4, -0.2) is 23.2 Å². The molecule has 2 aromatic carbocycles. The van der Waals surface area contributed by atoms with Crippen LogP contribution in [0.15, 0.2) is 54.6 Å². The number of aliphatic hydroxyl groups is 1. The van der Waals surface area contributed by atoms with Gasteiger partial charge in [0.1, 0.15) is 5.82 Å². The van der Waals surface area contributed by atoms with Crippen molar-refractivity contribution in [2.75, 3.05) is 0 Å². The normalized spacial score (nSPS) is 21.8. The summed E-state index contributed by atoms with van der Waals surface area (Å²) >= 11 is 0. The fourth-order valence-corrected chi connectivity index (χ4v) is 3.02. The van der Waals surface area contributed by atoms with E-state index < -0.39 is 6.10 Å². The van der Waals surface area contributed by atoms with Gasteiger partial charge < -0.3 is 10.4 Å². The first-order valence-electron chi connectivity index (χ1n) is 8.32. The van der Waals surface area contributed by atoms with Crippen LogP contribution in [0.3, 0.4) is 0 Å². The van der Waals surface area contributed by atoms with Gasteiger partial charge in [-0.05, 0) is 42.5 Å². The number of hydrogen-bond acceptors (Lipinski definition) is 2. The highest BCUT2D eigenvalue weighted by molar-refractivity contribution is 5.83. The molecule has 2 aromatic rings. The van der Waals surface area contributed by atoms with E-state index in [0.29, 0.717) is 6.42 Å². The minimum atomic E-state index is -0.626. The molecule has 1 amide bonds. The topological polar surface area (TPSA) is 49.3 Å². The fourth-order valence-electron chi connectivity index (χ4n) is 3.02. The monoisotopic (exact) mass is 327 g/mol. The second-order valence-electron chi connectivity index (χ2n) is 6.55. The Hall–Kier alpha value is -2.20. The van der Waals surface area contributed by atoms with Crippen LogP contribution in [0.4, 0.5) is 4.39 Å². The van der Waals surface area contributed by atoms with Gasteiger partial charge in [-0.2, -0.15) is 0 Å². The molecule has 0 radical (unpaired) electrons. The van der Waals surface area contributed by atoms with Gasteiger partial charge in [0.15, 0.2) is 0 Å². The molecule has 0 aromatic heterocycles. The van der Waals surface area contributed by atoms with E-state index in [2.05, 4.69) is 5.32 Å². The lowest BCUT2D eigenvalue weighted by molar-refractivity contribution is -0.123. The fraction of sp³-hybridized carbons (Fsp3) is 0.350. The van der Waals surface area contributed by atoms with Crippen molar-refractivity contribution >= 4 is 5.91 Å². The SMILES string of the molecule is C[C@H](NC(=O)[C@@H]1C[C@@H]1c1ccc(F)cc1)[C@H](O)Cc1ccccc1. The van der Waals surface area contributed by atoms with Crippen molar-refractivity contribution in [1.82, 2.24) is 5.32 Å². The molecule has 126 valence electrons. The number of carbonyl (C=O) groups is 1. The number of carbonyl (C=O) groups excluding carboxylic acids is 1. The zero-order chi connectivity index (χ0) is 17.1. The van der Waals surface area contributed by atoms with E-state index in [-0.39, 0.29) is 29.6 Å². The maximum absolute atomic E-state index is 13.0. The molecule has 4 heteroatoms. The highest BCUT2D eigenvalue weighted by atomic mass is 19.1. The van der Waals surface area contributed by atoms with Gasteiger partial charge in [-0.25, -0.2) is 4.39 Å². The Kier molecular flexibility index (Phi) is 4.95. The molecule has 0 bridgehead atoms. The average molecular weight is 327 g/mol. The first-order valence-corrected chi connectivity index (χ1v) is 8.32. The lowest BCUT2D eigenvalue weighted by Gasteiger charge is -2.20. The van der Waals surface area contributed by atoms with Crippen molar-refractivity contribution in [2.24, 2.45) is 5.92 Å². The predicted molar refractivity (Wildman–Crippen MR) is 91.0 cm³/mol. The summed E-state index contributed by atoms with van der Waals surface area (Å²) in [5, 5.41) is 13.2. The highest BCUT2D eigenvalue weighted by Crippen LogP contribution is 2.47. The van der Waals surface area contributed by atoms with E-state index in [4.69, 9.17) is 0 Å². The van der Waals surface area contributed by atoms with E-state index in [1.807, 2.05) is 37.3 Å². The molecule has 0 heterocycles. The Bertz CT molecular complexity index is 687. The number of nitrogens with one attached hydrogen (secondary N) is 1. The Morgan fingerprint density at radius 2 is 1.88 bits per heavy atom. The van der Waals surface area contributed by atoms with Crippen molar-refractivity contribution < 1.29 is 14.3 Å². The first kappa shape index (κ1) is 16.7. The summed E-state index contributed by atoms with van der Waals surface area (Å²) < 4.78 is 13.0. The predicted octanol–water partition coefficient (Wildman–Crippen LogP) is 3.04. The number of hydrogen-bond donors (Lipinski definition) is 2. The molecule has 4 atom stereocenters. The highest BCUT2D eigenvalue weighted by Gasteiger charge is 2.44. The van der Waals surface area contributed by atoms with Crippen LogP contribution in [0.5, 0.6) is 0 Å². The summed E-state index contributed by atoms with van der Waals surface area (Å²) in [5.41, 5.74) is 2.04. The molecule has 3 nitrogen and oxygen atoms in total. The van der Waals surface area contributed by atoms with Gasteiger partial charge in [0.25, 0.3) is 0 Å². The van der Waals surface area contributed by atoms with Gasteiger partial charge in [-0.3, -0.25) is 4.79 Å². The van der Waals surface area contributed by atoms with Gasteiger partial charge in [-0.1, -0.05) is 42.5 Å². The molecule has 1 fully saturated rings. The summed E-state index contributed by atoms with van der Waals surface area (Å²) in [5.74, 6) is -0.229. The van der Waals surface area contributed by atoms with Crippen LogP contribution in [0.1, 0.15) is 30.4 Å². The second-order valence-corrected chi connectivity index (χ2v) is 6.55. The number of halogens is 1. The Morgan fingerprint density at radius 1 is 1.21 bits per heavy atom. The molecule has 1 aliphatic carbocycles. The van der Waals surface area contributed by atoms with Crippen LogP contribution < -0.4 is 5.32 Å². The van der Waals surface area contributed by atoms with Crippen molar-refractivity contribution in [3.63, 3.8) is 0 Å². The second kappa shape index (κ2) is 7.14. The molecule has 0 saturated heterocycles. The van der Waals surface area contributed by atoms with E-state index in [0.717, 1.165) is 17.5 Å². The van der Waals surface area contributed by atoms with Gasteiger partial charge in [0.05, 0.1) is 12.1 Å². The molecule has 0 unspecified atom stereocenters. The Labute approximate surface area is 141 Å². The van der Waals surface area contributed by atoms with Crippen LogP contribution in [0.2, 0.25) is 0 Å². The Balaban J connectivity index is 1.51. The summed E-state index contributed by atoms with van der Waals surface area (Å²) in [7, 11) is 0. The van der Waals surface area contributed by atoms with Crippen molar-refractivity contribution in [1.29, 1.82) is 0 Å². The van der Waals surface area contributed by atoms with E-state index in [1.165, 1.54) is 12.1 Å². The Morgan fingerprint density at radius 3 is 2.54 bits per heavy atom. The summed E-state index contributed by atoms with van der Waals surface area (Å²) in [6, 6.07) is 15.7. The number of benzene rings is 2.